The van der Waals surface area contributed by atoms with Crippen LogP contribution < -0.4 is 10.6 Å². The standard InChI is InChI=1S/C20H37N5OS/c1-3-6-23(2)15-18-16-25-7-4-17(18)13-19(25)14-22-20(27)21-5-8-24-9-11-26-12-10-24/h3,17-19H,1,4-16H2,2H3,(H2,21,22,27). The third kappa shape index (κ3) is 6.39. The molecule has 0 amide bonds. The first kappa shape index (κ1) is 21.0. The van der Waals surface area contributed by atoms with Gasteiger partial charge in [-0.2, -0.15) is 0 Å². The van der Waals surface area contributed by atoms with E-state index in [4.69, 9.17) is 17.0 Å². The van der Waals surface area contributed by atoms with Crippen molar-refractivity contribution >= 4 is 17.3 Å². The highest BCUT2D eigenvalue weighted by Gasteiger charge is 2.40. The van der Waals surface area contributed by atoms with Gasteiger partial charge in [-0.05, 0) is 50.5 Å². The van der Waals surface area contributed by atoms with Gasteiger partial charge in [0.2, 0.25) is 0 Å². The van der Waals surface area contributed by atoms with Gasteiger partial charge in [-0.15, -0.1) is 6.58 Å². The lowest BCUT2D eigenvalue weighted by Crippen LogP contribution is -2.58. The minimum Gasteiger partial charge on any atom is -0.379 e. The van der Waals surface area contributed by atoms with Crippen LogP contribution in [0.1, 0.15) is 12.8 Å². The van der Waals surface area contributed by atoms with Crippen LogP contribution in [0.4, 0.5) is 0 Å². The molecule has 0 radical (unpaired) electrons. The summed E-state index contributed by atoms with van der Waals surface area (Å²) in [6.45, 7) is 15.2. The van der Waals surface area contributed by atoms with Gasteiger partial charge in [0.05, 0.1) is 13.2 Å². The molecule has 6 nitrogen and oxygen atoms in total. The number of morpholine rings is 1. The fourth-order valence-corrected chi connectivity index (χ4v) is 4.97. The lowest BCUT2D eigenvalue weighted by Gasteiger charge is -2.50. The van der Waals surface area contributed by atoms with Gasteiger partial charge in [0, 0.05) is 58.4 Å². The third-order valence-electron chi connectivity index (χ3n) is 6.32. The molecule has 154 valence electrons. The Kier molecular flexibility index (Phi) is 8.33. The summed E-state index contributed by atoms with van der Waals surface area (Å²) in [4.78, 5) is 7.50. The maximum atomic E-state index is 5.48. The van der Waals surface area contributed by atoms with Gasteiger partial charge in [0.25, 0.3) is 0 Å². The normalized spacial score (nSPS) is 31.0. The Morgan fingerprint density at radius 2 is 2.11 bits per heavy atom. The Labute approximate surface area is 170 Å². The predicted octanol–water partition coefficient (Wildman–Crippen LogP) is 0.611. The Morgan fingerprint density at radius 3 is 2.81 bits per heavy atom. The molecule has 0 aromatic heterocycles. The van der Waals surface area contributed by atoms with Crippen LogP contribution in [0.15, 0.2) is 12.7 Å². The van der Waals surface area contributed by atoms with Crippen LogP contribution in [0.2, 0.25) is 0 Å². The smallest absolute Gasteiger partial charge is 0.166 e. The highest BCUT2D eigenvalue weighted by Crippen LogP contribution is 2.36. The van der Waals surface area contributed by atoms with Gasteiger partial charge in [0.15, 0.2) is 5.11 Å². The van der Waals surface area contributed by atoms with Crippen LogP contribution in [0.3, 0.4) is 0 Å². The second-order valence-electron chi connectivity index (χ2n) is 8.29. The summed E-state index contributed by atoms with van der Waals surface area (Å²) in [7, 11) is 2.21. The number of hydrogen-bond acceptors (Lipinski definition) is 5. The molecule has 4 rings (SSSR count). The molecule has 4 heterocycles. The molecule has 27 heavy (non-hydrogen) atoms. The molecule has 7 heteroatoms. The summed E-state index contributed by atoms with van der Waals surface area (Å²) < 4.78 is 5.39. The van der Waals surface area contributed by atoms with E-state index in [-0.39, 0.29) is 0 Å². The van der Waals surface area contributed by atoms with E-state index in [2.05, 4.69) is 39.0 Å². The molecule has 0 saturated carbocycles. The SMILES string of the molecule is C=CCN(C)CC1CN2CCC1CC2CNC(=S)NCCN1CCOCC1. The summed E-state index contributed by atoms with van der Waals surface area (Å²) in [5.74, 6) is 1.66. The van der Waals surface area contributed by atoms with Crippen molar-refractivity contribution in [2.75, 3.05) is 79.2 Å². The summed E-state index contributed by atoms with van der Waals surface area (Å²) in [6, 6.07) is 0.628. The fraction of sp³-hybridized carbons (Fsp3) is 0.850. The van der Waals surface area contributed by atoms with E-state index in [0.29, 0.717) is 6.04 Å². The van der Waals surface area contributed by atoms with Gasteiger partial charge < -0.3 is 20.3 Å². The molecule has 0 spiro atoms. The minimum atomic E-state index is 0.628. The number of hydrogen-bond donors (Lipinski definition) is 2. The minimum absolute atomic E-state index is 0.628. The lowest BCUT2D eigenvalue weighted by molar-refractivity contribution is -0.00669. The van der Waals surface area contributed by atoms with E-state index in [1.165, 1.54) is 32.5 Å². The van der Waals surface area contributed by atoms with Gasteiger partial charge in [-0.25, -0.2) is 0 Å². The van der Waals surface area contributed by atoms with Gasteiger partial charge in [-0.3, -0.25) is 9.80 Å². The van der Waals surface area contributed by atoms with Crippen LogP contribution in [0.25, 0.3) is 0 Å². The second kappa shape index (κ2) is 10.7. The summed E-state index contributed by atoms with van der Waals surface area (Å²) >= 11 is 5.48. The summed E-state index contributed by atoms with van der Waals surface area (Å²) in [6.07, 6.45) is 4.66. The molecule has 4 aliphatic heterocycles. The highest BCUT2D eigenvalue weighted by atomic mass is 32.1. The average molecular weight is 396 g/mol. The molecule has 0 aromatic rings. The molecule has 2 N–H and O–H groups in total. The zero-order valence-electron chi connectivity index (χ0n) is 16.9. The van der Waals surface area contributed by atoms with Gasteiger partial charge >= 0.3 is 0 Å². The van der Waals surface area contributed by atoms with Crippen LogP contribution in [0.5, 0.6) is 0 Å². The van der Waals surface area contributed by atoms with E-state index in [0.717, 1.165) is 69.4 Å². The molecule has 2 bridgehead atoms. The molecule has 4 unspecified atom stereocenters. The van der Waals surface area contributed by atoms with E-state index < -0.39 is 0 Å². The van der Waals surface area contributed by atoms with Crippen molar-refractivity contribution in [2.24, 2.45) is 11.8 Å². The Hall–Kier alpha value is -0.730. The average Bonchev–Trinajstić information content (AvgIpc) is 2.68. The maximum absolute atomic E-state index is 5.48. The summed E-state index contributed by atoms with van der Waals surface area (Å²) in [5.41, 5.74) is 0. The number of piperidine rings is 3. The fourth-order valence-electron chi connectivity index (χ4n) is 4.79. The first-order valence-electron chi connectivity index (χ1n) is 10.5. The third-order valence-corrected chi connectivity index (χ3v) is 6.61. The van der Waals surface area contributed by atoms with E-state index in [1.807, 2.05) is 6.08 Å². The molecule has 4 saturated heterocycles. The number of nitrogens with one attached hydrogen (secondary N) is 2. The van der Waals surface area contributed by atoms with E-state index in [9.17, 15) is 0 Å². The molecule has 4 fully saturated rings. The molecule has 4 atom stereocenters. The van der Waals surface area contributed by atoms with E-state index >= 15 is 0 Å². The first-order valence-corrected chi connectivity index (χ1v) is 10.9. The zero-order valence-corrected chi connectivity index (χ0v) is 17.7. The van der Waals surface area contributed by atoms with Crippen molar-refractivity contribution in [2.45, 2.75) is 18.9 Å². The number of likely N-dealkylation sites (N-methyl/N-ethyl adjacent to an activating group) is 1. The Bertz CT molecular complexity index is 485. The first-order chi connectivity index (χ1) is 13.2. The van der Waals surface area contributed by atoms with Crippen molar-refractivity contribution in [3.8, 4) is 0 Å². The van der Waals surface area contributed by atoms with Gasteiger partial charge in [-0.1, -0.05) is 6.08 Å². The number of nitrogens with zero attached hydrogens (tertiary/aromatic N) is 3. The van der Waals surface area contributed by atoms with E-state index in [1.54, 1.807) is 0 Å². The molecule has 4 aliphatic rings. The van der Waals surface area contributed by atoms with Gasteiger partial charge in [0.1, 0.15) is 0 Å². The molecule has 0 aliphatic carbocycles. The Balaban J connectivity index is 1.32. The maximum Gasteiger partial charge on any atom is 0.166 e. The predicted molar refractivity (Wildman–Crippen MR) is 115 cm³/mol. The molecular formula is C20H37N5OS. The Morgan fingerprint density at radius 1 is 1.30 bits per heavy atom. The molecule has 0 aromatic carbocycles. The van der Waals surface area contributed by atoms with Crippen molar-refractivity contribution in [3.05, 3.63) is 12.7 Å². The van der Waals surface area contributed by atoms with Crippen LogP contribution in [-0.4, -0.2) is 105 Å². The second-order valence-corrected chi connectivity index (χ2v) is 8.70. The monoisotopic (exact) mass is 395 g/mol. The largest absolute Gasteiger partial charge is 0.379 e. The van der Waals surface area contributed by atoms with Crippen molar-refractivity contribution < 1.29 is 4.74 Å². The van der Waals surface area contributed by atoms with Crippen LogP contribution in [-0.2, 0) is 4.74 Å². The molecular weight excluding hydrogens is 358 g/mol. The van der Waals surface area contributed by atoms with Crippen LogP contribution >= 0.6 is 12.2 Å². The van der Waals surface area contributed by atoms with Crippen LogP contribution in [0, 0.1) is 11.8 Å². The number of thiocarbonyl (C=S) groups is 1. The zero-order chi connectivity index (χ0) is 19.1. The van der Waals surface area contributed by atoms with Crippen molar-refractivity contribution in [1.82, 2.24) is 25.3 Å². The summed E-state index contributed by atoms with van der Waals surface area (Å²) in [5, 5.41) is 7.63. The lowest BCUT2D eigenvalue weighted by atomic mass is 9.75. The number of ether oxygens (including phenoxy) is 1. The topological polar surface area (TPSA) is 43.0 Å². The van der Waals surface area contributed by atoms with Crippen molar-refractivity contribution in [1.29, 1.82) is 0 Å². The quantitative estimate of drug-likeness (QED) is 0.438. The number of fused-ring (bicyclic) bond motifs is 3. The number of rotatable bonds is 9. The highest BCUT2D eigenvalue weighted by molar-refractivity contribution is 7.80. The van der Waals surface area contributed by atoms with Crippen molar-refractivity contribution in [3.63, 3.8) is 0 Å².